The zero-order valence-electron chi connectivity index (χ0n) is 20.2. The highest BCUT2D eigenvalue weighted by molar-refractivity contribution is 8.13. The van der Waals surface area contributed by atoms with Crippen molar-refractivity contribution in [2.24, 2.45) is 10.9 Å². The van der Waals surface area contributed by atoms with Crippen LogP contribution in [0.5, 0.6) is 0 Å². The van der Waals surface area contributed by atoms with Gasteiger partial charge in [0.25, 0.3) is 5.91 Å². The largest absolute Gasteiger partial charge is 0.444 e. The molecular formula is C25H29N5O4S. The van der Waals surface area contributed by atoms with E-state index in [0.717, 1.165) is 0 Å². The Kier molecular flexibility index (Phi) is 6.84. The van der Waals surface area contributed by atoms with E-state index in [9.17, 15) is 14.4 Å². The summed E-state index contributed by atoms with van der Waals surface area (Å²) >= 11 is 1.44. The highest BCUT2D eigenvalue weighted by Gasteiger charge is 2.53. The highest BCUT2D eigenvalue weighted by atomic mass is 32.2. The average molecular weight is 496 g/mol. The second kappa shape index (κ2) is 9.69. The van der Waals surface area contributed by atoms with Crippen molar-refractivity contribution in [3.05, 3.63) is 59.9 Å². The van der Waals surface area contributed by atoms with Crippen LogP contribution in [-0.4, -0.2) is 57.4 Å². The fourth-order valence-corrected chi connectivity index (χ4v) is 5.33. The normalized spacial score (nSPS) is 21.5. The summed E-state index contributed by atoms with van der Waals surface area (Å²) in [7, 11) is 0. The number of amidine groups is 1. The maximum absolute atomic E-state index is 12.9. The molecule has 2 aliphatic heterocycles. The Labute approximate surface area is 208 Å². The van der Waals surface area contributed by atoms with Crippen molar-refractivity contribution < 1.29 is 19.1 Å². The molecule has 4 rings (SSSR count). The van der Waals surface area contributed by atoms with Gasteiger partial charge in [-0.1, -0.05) is 30.0 Å². The van der Waals surface area contributed by atoms with Gasteiger partial charge < -0.3 is 20.3 Å². The number of aliphatic imine (C=N–C) groups is 1. The third-order valence-corrected chi connectivity index (χ3v) is 6.74. The number of nitrogens with zero attached hydrogens (tertiary/aromatic N) is 3. The van der Waals surface area contributed by atoms with Crippen LogP contribution in [0.4, 0.5) is 10.5 Å². The van der Waals surface area contributed by atoms with E-state index in [4.69, 9.17) is 9.73 Å². The molecule has 2 aliphatic rings. The molecule has 3 heterocycles. The minimum absolute atomic E-state index is 0.0579. The zero-order chi connectivity index (χ0) is 25.2. The number of fused-ring (bicyclic) bond motifs is 1. The molecule has 2 N–H and O–H groups in total. The number of benzene rings is 1. The second-order valence-electron chi connectivity index (χ2n) is 9.64. The third-order valence-electron chi connectivity index (χ3n) is 5.70. The first kappa shape index (κ1) is 24.7. The van der Waals surface area contributed by atoms with Crippen LogP contribution in [0.2, 0.25) is 0 Å². The van der Waals surface area contributed by atoms with E-state index in [1.807, 2.05) is 26.8 Å². The van der Waals surface area contributed by atoms with Crippen LogP contribution in [0.25, 0.3) is 0 Å². The van der Waals surface area contributed by atoms with Crippen molar-refractivity contribution in [1.82, 2.24) is 15.2 Å². The summed E-state index contributed by atoms with van der Waals surface area (Å²) in [5.74, 6) is 0.112. The number of amides is 3. The molecule has 0 radical (unpaired) electrons. The Morgan fingerprint density at radius 2 is 1.89 bits per heavy atom. The second-order valence-corrected chi connectivity index (χ2v) is 10.6. The number of likely N-dealkylation sites (tertiary alicyclic amines) is 1. The van der Waals surface area contributed by atoms with Crippen molar-refractivity contribution in [2.75, 3.05) is 24.2 Å². The number of ether oxygens (including phenoxy) is 1. The van der Waals surface area contributed by atoms with Gasteiger partial charge in [0, 0.05) is 42.6 Å². The van der Waals surface area contributed by atoms with E-state index in [2.05, 4.69) is 15.6 Å². The van der Waals surface area contributed by atoms with E-state index < -0.39 is 17.2 Å². The quantitative estimate of drug-likeness (QED) is 0.672. The summed E-state index contributed by atoms with van der Waals surface area (Å²) < 4.78 is 5.62. The number of hydrogen-bond acceptors (Lipinski definition) is 7. The number of rotatable bonds is 3. The summed E-state index contributed by atoms with van der Waals surface area (Å²) in [6.07, 6.45) is 1.20. The lowest BCUT2D eigenvalue weighted by Crippen LogP contribution is -2.43. The Hall–Kier alpha value is -3.40. The highest BCUT2D eigenvalue weighted by Crippen LogP contribution is 2.45. The number of anilines is 1. The monoisotopic (exact) mass is 495 g/mol. The van der Waals surface area contributed by atoms with Crippen molar-refractivity contribution in [1.29, 1.82) is 0 Å². The molecular weight excluding hydrogens is 466 g/mol. The molecule has 1 fully saturated rings. The van der Waals surface area contributed by atoms with E-state index in [0.29, 0.717) is 34.4 Å². The van der Waals surface area contributed by atoms with E-state index >= 15 is 0 Å². The van der Waals surface area contributed by atoms with E-state index in [1.54, 1.807) is 47.5 Å². The molecule has 9 nitrogen and oxygen atoms in total. The lowest BCUT2D eigenvalue weighted by molar-refractivity contribution is -0.114. The van der Waals surface area contributed by atoms with Gasteiger partial charge in [0.05, 0.1) is 12.2 Å². The van der Waals surface area contributed by atoms with E-state index in [1.165, 1.54) is 18.7 Å². The summed E-state index contributed by atoms with van der Waals surface area (Å²) in [5.41, 5.74) is 0.213. The van der Waals surface area contributed by atoms with Gasteiger partial charge in [-0.15, -0.1) is 0 Å². The number of hydrogen-bond donors (Lipinski definition) is 2. The smallest absolute Gasteiger partial charge is 0.410 e. The summed E-state index contributed by atoms with van der Waals surface area (Å²) in [4.78, 5) is 48.6. The lowest BCUT2D eigenvalue weighted by Gasteiger charge is -2.34. The van der Waals surface area contributed by atoms with Crippen molar-refractivity contribution in [3.8, 4) is 0 Å². The molecule has 10 heteroatoms. The maximum Gasteiger partial charge on any atom is 0.410 e. The molecule has 1 saturated heterocycles. The molecule has 3 amide bonds. The molecule has 0 saturated carbocycles. The molecule has 184 valence electrons. The molecule has 1 aromatic heterocycles. The Bertz CT molecular complexity index is 1160. The molecule has 1 aromatic carbocycles. The maximum atomic E-state index is 12.9. The predicted molar refractivity (Wildman–Crippen MR) is 135 cm³/mol. The number of pyridine rings is 1. The molecule has 35 heavy (non-hydrogen) atoms. The molecule has 2 aromatic rings. The first-order valence-corrected chi connectivity index (χ1v) is 12.4. The van der Waals surface area contributed by atoms with Crippen molar-refractivity contribution >= 4 is 40.5 Å². The summed E-state index contributed by atoms with van der Waals surface area (Å²) in [6, 6.07) is 12.4. The molecule has 0 aliphatic carbocycles. The van der Waals surface area contributed by atoms with Crippen LogP contribution in [0, 0.1) is 5.92 Å². The molecule has 0 spiro atoms. The topological polar surface area (TPSA) is 113 Å². The van der Waals surface area contributed by atoms with Crippen LogP contribution in [0.1, 0.15) is 43.7 Å². The third kappa shape index (κ3) is 5.64. The van der Waals surface area contributed by atoms with Crippen LogP contribution in [0.15, 0.2) is 53.7 Å². The number of aromatic nitrogens is 1. The molecule has 0 bridgehead atoms. The fourth-order valence-electron chi connectivity index (χ4n) is 4.20. The van der Waals surface area contributed by atoms with Gasteiger partial charge >= 0.3 is 6.09 Å². The van der Waals surface area contributed by atoms with Crippen LogP contribution < -0.4 is 10.6 Å². The van der Waals surface area contributed by atoms with E-state index in [-0.39, 0.29) is 24.3 Å². The van der Waals surface area contributed by atoms with Gasteiger partial charge in [-0.25, -0.2) is 9.79 Å². The van der Waals surface area contributed by atoms with Gasteiger partial charge in [-0.05, 0) is 45.0 Å². The number of carbonyl (C=O) groups excluding carboxylic acids is 3. The van der Waals surface area contributed by atoms with Crippen LogP contribution >= 0.6 is 11.8 Å². The van der Waals surface area contributed by atoms with Gasteiger partial charge in [-0.3, -0.25) is 14.6 Å². The minimum Gasteiger partial charge on any atom is -0.444 e. The summed E-state index contributed by atoms with van der Waals surface area (Å²) in [5, 5.41) is 6.16. The number of nitrogens with one attached hydrogen (secondary N) is 2. The number of carbonyl (C=O) groups is 3. The van der Waals surface area contributed by atoms with Crippen molar-refractivity contribution in [2.45, 2.75) is 38.8 Å². The zero-order valence-corrected chi connectivity index (χ0v) is 21.0. The average Bonchev–Trinajstić information content (AvgIpc) is 3.19. The Morgan fingerprint density at radius 3 is 2.57 bits per heavy atom. The first-order valence-electron chi connectivity index (χ1n) is 11.4. The lowest BCUT2D eigenvalue weighted by atomic mass is 9.85. The standard InChI is InChI=1S/C25H29N5O4S/c1-16(31)27-19-10-11-26-20(12-19)25-15-30(23(33)34-24(2,3)4)13-18(25)14-35-22(29-25)28-21(32)17-8-6-5-7-9-17/h5-12,18H,13-15H2,1-4H3,(H,26,27,31)(H,28,29,32). The van der Waals surface area contributed by atoms with Gasteiger partial charge in [0.2, 0.25) is 5.91 Å². The van der Waals surface area contributed by atoms with Gasteiger partial charge in [0.15, 0.2) is 5.17 Å². The molecule has 2 unspecified atom stereocenters. The van der Waals surface area contributed by atoms with Crippen LogP contribution in [0.3, 0.4) is 0 Å². The van der Waals surface area contributed by atoms with Crippen LogP contribution in [-0.2, 0) is 15.1 Å². The van der Waals surface area contributed by atoms with Crippen molar-refractivity contribution in [3.63, 3.8) is 0 Å². The predicted octanol–water partition coefficient (Wildman–Crippen LogP) is 3.64. The minimum atomic E-state index is -0.893. The first-order chi connectivity index (χ1) is 16.6. The van der Waals surface area contributed by atoms with Gasteiger partial charge in [-0.2, -0.15) is 0 Å². The summed E-state index contributed by atoms with van der Waals surface area (Å²) in [6.45, 7) is 7.60. The van der Waals surface area contributed by atoms with Gasteiger partial charge in [0.1, 0.15) is 11.1 Å². The SMILES string of the molecule is CC(=O)Nc1ccnc(C23CN(C(=O)OC(C)(C)C)CC2CSC(NC(=O)c2ccccc2)=N3)c1. The Morgan fingerprint density at radius 1 is 1.14 bits per heavy atom. The Balaban J connectivity index is 1.69. The fraction of sp³-hybridized carbons (Fsp3) is 0.400. The molecule has 2 atom stereocenters. The number of thioether (sulfide) groups is 1.